The van der Waals surface area contributed by atoms with Crippen molar-refractivity contribution in [3.63, 3.8) is 0 Å². The summed E-state index contributed by atoms with van der Waals surface area (Å²) in [5.74, 6) is 1.40. The van der Waals surface area contributed by atoms with Gasteiger partial charge < -0.3 is 21.3 Å². The van der Waals surface area contributed by atoms with Gasteiger partial charge in [-0.05, 0) is 65.5 Å². The third-order valence-electron chi connectivity index (χ3n) is 5.51. The Labute approximate surface area is 144 Å². The van der Waals surface area contributed by atoms with Gasteiger partial charge >= 0.3 is 0 Å². The first-order chi connectivity index (χ1) is 11.8. The lowest BCUT2D eigenvalue weighted by Gasteiger charge is -2.29. The van der Waals surface area contributed by atoms with Crippen LogP contribution < -0.4 is 21.3 Å². The Bertz CT molecular complexity index is 452. The summed E-state index contributed by atoms with van der Waals surface area (Å²) < 4.78 is 0. The van der Waals surface area contributed by atoms with Gasteiger partial charge in [-0.3, -0.25) is 0 Å². The monoisotopic (exact) mass is 333 g/mol. The molecule has 1 heterocycles. The van der Waals surface area contributed by atoms with Gasteiger partial charge in [-0.1, -0.05) is 0 Å². The number of hydrogen-bond acceptors (Lipinski definition) is 7. The zero-order chi connectivity index (χ0) is 16.8. The van der Waals surface area contributed by atoms with E-state index in [4.69, 9.17) is 0 Å². The molecule has 7 heteroatoms. The van der Waals surface area contributed by atoms with Crippen molar-refractivity contribution in [2.45, 2.75) is 75.5 Å². The second-order valence-electron chi connectivity index (χ2n) is 7.10. The highest BCUT2D eigenvalue weighted by Crippen LogP contribution is 2.22. The number of nitrogens with zero attached hydrogens (tertiary/aromatic N) is 3. The summed E-state index contributed by atoms with van der Waals surface area (Å²) in [7, 11) is 4.10. The number of nitrogens with one attached hydrogen (secondary N) is 4. The minimum Gasteiger partial charge on any atom is -0.351 e. The first-order valence-corrected chi connectivity index (χ1v) is 9.33. The zero-order valence-electron chi connectivity index (χ0n) is 14.9. The summed E-state index contributed by atoms with van der Waals surface area (Å²) in [5, 5.41) is 13.7. The Morgan fingerprint density at radius 2 is 1.04 bits per heavy atom. The van der Waals surface area contributed by atoms with Gasteiger partial charge in [-0.2, -0.15) is 4.98 Å². The Kier molecular flexibility index (Phi) is 6.20. The first-order valence-electron chi connectivity index (χ1n) is 9.33. The van der Waals surface area contributed by atoms with Gasteiger partial charge in [0.2, 0.25) is 11.9 Å². The van der Waals surface area contributed by atoms with E-state index >= 15 is 0 Å². The maximum atomic E-state index is 4.56. The van der Waals surface area contributed by atoms with Crippen molar-refractivity contribution in [2.24, 2.45) is 0 Å². The Morgan fingerprint density at radius 3 is 1.42 bits per heavy atom. The van der Waals surface area contributed by atoms with Crippen LogP contribution in [0.4, 0.5) is 11.9 Å². The molecule has 1 aromatic heterocycles. The van der Waals surface area contributed by atoms with Gasteiger partial charge in [0, 0.05) is 24.2 Å². The van der Waals surface area contributed by atoms with Crippen LogP contribution in [0.3, 0.4) is 0 Å². The average molecular weight is 333 g/mol. The Balaban J connectivity index is 1.49. The van der Waals surface area contributed by atoms with E-state index in [9.17, 15) is 0 Å². The molecule has 0 radical (unpaired) electrons. The molecule has 0 spiro atoms. The minimum atomic E-state index is 0.468. The molecule has 2 aliphatic rings. The van der Waals surface area contributed by atoms with Crippen LogP contribution in [-0.4, -0.2) is 53.2 Å². The summed E-state index contributed by atoms with van der Waals surface area (Å²) in [4.78, 5) is 13.1. The van der Waals surface area contributed by atoms with Crippen LogP contribution in [0.2, 0.25) is 0 Å². The van der Waals surface area contributed by atoms with Crippen molar-refractivity contribution < 1.29 is 0 Å². The molecule has 0 atom stereocenters. The summed E-state index contributed by atoms with van der Waals surface area (Å²) >= 11 is 0. The Morgan fingerprint density at radius 1 is 0.667 bits per heavy atom. The Hall–Kier alpha value is -1.47. The molecule has 0 amide bonds. The van der Waals surface area contributed by atoms with E-state index in [1.165, 1.54) is 25.7 Å². The third-order valence-corrected chi connectivity index (χ3v) is 5.51. The normalized spacial score (nSPS) is 30.8. The van der Waals surface area contributed by atoms with Crippen LogP contribution >= 0.6 is 0 Å². The lowest BCUT2D eigenvalue weighted by molar-refractivity contribution is 0.369. The summed E-state index contributed by atoms with van der Waals surface area (Å²) in [6.07, 6.45) is 11.1. The molecule has 0 aromatic carbocycles. The molecule has 0 aliphatic heterocycles. The lowest BCUT2D eigenvalue weighted by Crippen LogP contribution is -2.36. The summed E-state index contributed by atoms with van der Waals surface area (Å²) in [6, 6.07) is 2.25. The van der Waals surface area contributed by atoms with E-state index in [0.717, 1.165) is 25.7 Å². The van der Waals surface area contributed by atoms with Gasteiger partial charge in [-0.25, -0.2) is 9.97 Å². The molecular weight excluding hydrogens is 302 g/mol. The van der Waals surface area contributed by atoms with Crippen LogP contribution in [0.1, 0.15) is 51.4 Å². The molecule has 4 N–H and O–H groups in total. The van der Waals surface area contributed by atoms with Crippen LogP contribution in [0.25, 0.3) is 0 Å². The van der Waals surface area contributed by atoms with E-state index in [0.29, 0.717) is 36.1 Å². The van der Waals surface area contributed by atoms with E-state index in [1.807, 2.05) is 14.1 Å². The van der Waals surface area contributed by atoms with Crippen LogP contribution in [-0.2, 0) is 0 Å². The van der Waals surface area contributed by atoms with E-state index in [2.05, 4.69) is 36.2 Å². The van der Waals surface area contributed by atoms with Crippen LogP contribution in [0.15, 0.2) is 6.33 Å². The van der Waals surface area contributed by atoms with Gasteiger partial charge in [0.15, 0.2) is 0 Å². The van der Waals surface area contributed by atoms with Crippen molar-refractivity contribution in [1.29, 1.82) is 0 Å². The molecule has 0 unspecified atom stereocenters. The van der Waals surface area contributed by atoms with Gasteiger partial charge in [0.05, 0.1) is 0 Å². The fourth-order valence-corrected chi connectivity index (χ4v) is 3.85. The lowest BCUT2D eigenvalue weighted by atomic mass is 9.91. The van der Waals surface area contributed by atoms with Crippen molar-refractivity contribution in [3.8, 4) is 0 Å². The highest BCUT2D eigenvalue weighted by Gasteiger charge is 2.22. The molecule has 24 heavy (non-hydrogen) atoms. The standard InChI is InChI=1S/C17H31N7/c1-18-12-3-7-14(8-4-12)22-16-20-11-21-17(24-16)23-15-9-5-13(19-2)6-10-15/h11-15,18-19H,3-10H2,1-2H3,(H2,20,21,22,23,24). The van der Waals surface area contributed by atoms with E-state index in [1.54, 1.807) is 6.33 Å². The molecule has 1 aromatic rings. The van der Waals surface area contributed by atoms with E-state index in [-0.39, 0.29) is 0 Å². The SMILES string of the molecule is CNC1CCC(Nc2ncnc(NC3CCC(NC)CC3)n2)CC1. The minimum absolute atomic E-state index is 0.468. The molecule has 2 aliphatic carbocycles. The number of aromatic nitrogens is 3. The molecule has 3 rings (SSSR count). The predicted octanol–water partition coefficient (Wildman–Crippen LogP) is 1.76. The molecule has 2 saturated carbocycles. The van der Waals surface area contributed by atoms with Gasteiger partial charge in [0.25, 0.3) is 0 Å². The molecule has 7 nitrogen and oxygen atoms in total. The largest absolute Gasteiger partial charge is 0.351 e. The summed E-state index contributed by atoms with van der Waals surface area (Å²) in [5.41, 5.74) is 0. The highest BCUT2D eigenvalue weighted by molar-refractivity contribution is 5.34. The molecule has 0 saturated heterocycles. The number of anilines is 2. The molecule has 0 bridgehead atoms. The van der Waals surface area contributed by atoms with Gasteiger partial charge in [-0.15, -0.1) is 0 Å². The third kappa shape index (κ3) is 4.77. The summed E-state index contributed by atoms with van der Waals surface area (Å²) in [6.45, 7) is 0. The number of hydrogen-bond donors (Lipinski definition) is 4. The topological polar surface area (TPSA) is 86.8 Å². The highest BCUT2D eigenvalue weighted by atomic mass is 15.2. The average Bonchev–Trinajstić information content (AvgIpc) is 2.63. The van der Waals surface area contributed by atoms with Crippen LogP contribution in [0.5, 0.6) is 0 Å². The smallest absolute Gasteiger partial charge is 0.227 e. The molecule has 2 fully saturated rings. The second kappa shape index (κ2) is 8.58. The van der Waals surface area contributed by atoms with Crippen molar-refractivity contribution in [1.82, 2.24) is 25.6 Å². The predicted molar refractivity (Wildman–Crippen MR) is 97.3 cm³/mol. The maximum Gasteiger partial charge on any atom is 0.227 e. The molecule has 134 valence electrons. The van der Waals surface area contributed by atoms with Gasteiger partial charge in [0.1, 0.15) is 6.33 Å². The quantitative estimate of drug-likeness (QED) is 0.631. The maximum absolute atomic E-state index is 4.56. The fraction of sp³-hybridized carbons (Fsp3) is 0.824. The van der Waals surface area contributed by atoms with Crippen molar-refractivity contribution in [2.75, 3.05) is 24.7 Å². The first kappa shape index (κ1) is 17.4. The fourth-order valence-electron chi connectivity index (χ4n) is 3.85. The van der Waals surface area contributed by atoms with Crippen molar-refractivity contribution in [3.05, 3.63) is 6.33 Å². The van der Waals surface area contributed by atoms with Crippen LogP contribution in [0, 0.1) is 0 Å². The zero-order valence-corrected chi connectivity index (χ0v) is 14.9. The number of rotatable bonds is 6. The van der Waals surface area contributed by atoms with Crippen molar-refractivity contribution >= 4 is 11.9 Å². The second-order valence-corrected chi connectivity index (χ2v) is 7.10. The van der Waals surface area contributed by atoms with E-state index < -0.39 is 0 Å². The molecular formula is C17H31N7.